The molecule has 3 saturated heterocycles. The standard InChI is InChI=1S/C28H32N6O/c1-33-12-4-5-21(33)17-35-28-31-26-13-18(24-14-29-25-7-3-2-6-22(24)25)8-11-23(26)27(32-28)34-15-19-9-10-20(16-34)30-19/h2-3,6-8,11,13-14,19-21,29-30H,4-5,9-10,12,15-17H2,1H3/t19-,20+,21-/m0/s1. The molecular formula is C28H32N6O. The number of likely N-dealkylation sites (tertiary alicyclic amines) is 1. The molecule has 7 nitrogen and oxygen atoms in total. The van der Waals surface area contributed by atoms with Gasteiger partial charge in [-0.25, -0.2) is 0 Å². The Morgan fingerprint density at radius 3 is 2.69 bits per heavy atom. The maximum absolute atomic E-state index is 6.26. The lowest BCUT2D eigenvalue weighted by molar-refractivity contribution is 0.188. The Morgan fingerprint density at radius 2 is 1.86 bits per heavy atom. The molecule has 3 atom stereocenters. The number of piperazine rings is 1. The Hall–Kier alpha value is -3.16. The van der Waals surface area contributed by atoms with Crippen molar-refractivity contribution in [2.75, 3.05) is 38.2 Å². The number of nitrogens with one attached hydrogen (secondary N) is 2. The van der Waals surface area contributed by atoms with Crippen molar-refractivity contribution in [3.05, 3.63) is 48.7 Å². The van der Waals surface area contributed by atoms with Crippen molar-refractivity contribution in [3.63, 3.8) is 0 Å². The summed E-state index contributed by atoms with van der Waals surface area (Å²) in [7, 11) is 2.18. The van der Waals surface area contributed by atoms with Gasteiger partial charge in [-0.3, -0.25) is 0 Å². The Balaban J connectivity index is 1.29. The second kappa shape index (κ2) is 8.50. The number of rotatable bonds is 5. The van der Waals surface area contributed by atoms with E-state index in [1.54, 1.807) is 0 Å². The molecule has 180 valence electrons. The Labute approximate surface area is 205 Å². The molecule has 0 radical (unpaired) electrons. The average molecular weight is 469 g/mol. The summed E-state index contributed by atoms with van der Waals surface area (Å²) in [5.74, 6) is 1.01. The second-order valence-corrected chi connectivity index (χ2v) is 10.4. The van der Waals surface area contributed by atoms with Crippen molar-refractivity contribution < 1.29 is 4.74 Å². The Morgan fingerprint density at radius 1 is 1.00 bits per heavy atom. The molecule has 5 heterocycles. The third-order valence-electron chi connectivity index (χ3n) is 8.15. The molecule has 0 unspecified atom stereocenters. The van der Waals surface area contributed by atoms with Crippen LogP contribution in [0.25, 0.3) is 32.9 Å². The van der Waals surface area contributed by atoms with Gasteiger partial charge in [0.15, 0.2) is 0 Å². The second-order valence-electron chi connectivity index (χ2n) is 10.4. The molecule has 2 bridgehead atoms. The highest BCUT2D eigenvalue weighted by Gasteiger charge is 2.34. The van der Waals surface area contributed by atoms with Crippen molar-refractivity contribution in [2.45, 2.75) is 43.8 Å². The first-order valence-corrected chi connectivity index (χ1v) is 12.9. The van der Waals surface area contributed by atoms with Crippen LogP contribution in [0, 0.1) is 0 Å². The van der Waals surface area contributed by atoms with Crippen LogP contribution in [0.15, 0.2) is 48.7 Å². The number of likely N-dealkylation sites (N-methyl/N-ethyl adjacent to an activating group) is 1. The molecule has 7 heteroatoms. The van der Waals surface area contributed by atoms with E-state index in [-0.39, 0.29) is 0 Å². The molecule has 0 amide bonds. The molecular weight excluding hydrogens is 436 g/mol. The van der Waals surface area contributed by atoms with Gasteiger partial charge in [-0.1, -0.05) is 24.3 Å². The van der Waals surface area contributed by atoms with E-state index in [0.29, 0.717) is 30.7 Å². The number of ether oxygens (including phenoxy) is 1. The van der Waals surface area contributed by atoms with Gasteiger partial charge in [0.1, 0.15) is 12.4 Å². The molecule has 3 aliphatic heterocycles. The number of aromatic amines is 1. The molecule has 3 aliphatic rings. The van der Waals surface area contributed by atoms with Crippen molar-refractivity contribution in [1.82, 2.24) is 25.2 Å². The predicted molar refractivity (Wildman–Crippen MR) is 140 cm³/mol. The van der Waals surface area contributed by atoms with Crippen molar-refractivity contribution in [3.8, 4) is 17.1 Å². The number of para-hydroxylation sites is 1. The summed E-state index contributed by atoms with van der Waals surface area (Å²) in [6, 6.07) is 17.0. The minimum atomic E-state index is 0.435. The van der Waals surface area contributed by atoms with Gasteiger partial charge in [0.25, 0.3) is 0 Å². The van der Waals surface area contributed by atoms with Crippen molar-refractivity contribution in [1.29, 1.82) is 0 Å². The molecule has 2 N–H and O–H groups in total. The molecule has 2 aromatic carbocycles. The quantitative estimate of drug-likeness (QED) is 0.458. The number of H-pyrrole nitrogens is 1. The van der Waals surface area contributed by atoms with Crippen LogP contribution in [0.5, 0.6) is 6.01 Å². The average Bonchev–Trinajstić information content (AvgIpc) is 3.59. The molecule has 2 aromatic heterocycles. The summed E-state index contributed by atoms with van der Waals surface area (Å²) < 4.78 is 6.26. The van der Waals surface area contributed by atoms with Crippen LogP contribution < -0.4 is 15.0 Å². The van der Waals surface area contributed by atoms with Gasteiger partial charge < -0.3 is 24.8 Å². The highest BCUT2D eigenvalue weighted by atomic mass is 16.5. The topological polar surface area (TPSA) is 69.3 Å². The molecule has 7 rings (SSSR count). The summed E-state index contributed by atoms with van der Waals surface area (Å²) in [6.45, 7) is 3.74. The molecule has 0 spiro atoms. The monoisotopic (exact) mass is 468 g/mol. The van der Waals surface area contributed by atoms with Gasteiger partial charge in [0.2, 0.25) is 0 Å². The van der Waals surface area contributed by atoms with Crippen LogP contribution >= 0.6 is 0 Å². The number of fused-ring (bicyclic) bond motifs is 4. The number of aromatic nitrogens is 3. The number of hydrogen-bond acceptors (Lipinski definition) is 6. The largest absolute Gasteiger partial charge is 0.462 e. The van der Waals surface area contributed by atoms with E-state index in [1.807, 2.05) is 0 Å². The van der Waals surface area contributed by atoms with Crippen LogP contribution in [-0.2, 0) is 0 Å². The van der Waals surface area contributed by atoms with Crippen LogP contribution in [-0.4, -0.2) is 71.3 Å². The summed E-state index contributed by atoms with van der Waals surface area (Å²) in [6.07, 6.45) is 6.97. The van der Waals surface area contributed by atoms with E-state index in [9.17, 15) is 0 Å². The zero-order valence-electron chi connectivity index (χ0n) is 20.2. The number of nitrogens with zero attached hydrogens (tertiary/aromatic N) is 4. The maximum atomic E-state index is 6.26. The van der Waals surface area contributed by atoms with Crippen LogP contribution in [0.1, 0.15) is 25.7 Å². The lowest BCUT2D eigenvalue weighted by Gasteiger charge is -2.34. The van der Waals surface area contributed by atoms with Crippen LogP contribution in [0.3, 0.4) is 0 Å². The summed E-state index contributed by atoms with van der Waals surface area (Å²) in [5.41, 5.74) is 4.43. The molecule has 3 fully saturated rings. The third kappa shape index (κ3) is 3.83. The Kier molecular flexibility index (Phi) is 5.14. The van der Waals surface area contributed by atoms with Crippen molar-refractivity contribution in [2.24, 2.45) is 0 Å². The van der Waals surface area contributed by atoms with E-state index >= 15 is 0 Å². The summed E-state index contributed by atoms with van der Waals surface area (Å²) in [5, 5.41) is 6.06. The SMILES string of the molecule is CN1CCC[C@H]1COc1nc(N2C[C@H]3CC[C@@H](C2)N3)c2ccc(-c3c[nH]c4ccccc34)cc2n1. The zero-order valence-corrected chi connectivity index (χ0v) is 20.2. The first-order valence-electron chi connectivity index (χ1n) is 12.9. The van der Waals surface area contributed by atoms with Gasteiger partial charge in [-0.2, -0.15) is 9.97 Å². The summed E-state index contributed by atoms with van der Waals surface area (Å²) in [4.78, 5) is 18.1. The van der Waals surface area contributed by atoms with Gasteiger partial charge in [0, 0.05) is 59.3 Å². The molecule has 0 aliphatic carbocycles. The minimum Gasteiger partial charge on any atom is -0.462 e. The van der Waals surface area contributed by atoms with Crippen molar-refractivity contribution >= 4 is 27.6 Å². The molecule has 35 heavy (non-hydrogen) atoms. The van der Waals surface area contributed by atoms with Gasteiger partial charge in [-0.05, 0) is 63.0 Å². The molecule has 4 aromatic rings. The van der Waals surface area contributed by atoms with Crippen LogP contribution in [0.2, 0.25) is 0 Å². The Bertz CT molecular complexity index is 1370. The normalized spacial score (nSPS) is 24.6. The zero-order chi connectivity index (χ0) is 23.4. The maximum Gasteiger partial charge on any atom is 0.319 e. The van der Waals surface area contributed by atoms with Gasteiger partial charge in [-0.15, -0.1) is 0 Å². The fourth-order valence-corrected chi connectivity index (χ4v) is 6.21. The van der Waals surface area contributed by atoms with E-state index < -0.39 is 0 Å². The molecule has 0 saturated carbocycles. The predicted octanol–water partition coefficient (Wildman–Crippen LogP) is 4.19. The van der Waals surface area contributed by atoms with Gasteiger partial charge in [0.05, 0.1) is 5.52 Å². The van der Waals surface area contributed by atoms with E-state index in [2.05, 4.69) is 75.8 Å². The van der Waals surface area contributed by atoms with E-state index in [0.717, 1.165) is 47.4 Å². The fraction of sp³-hybridized carbons (Fsp3) is 0.429. The first-order chi connectivity index (χ1) is 17.2. The lowest BCUT2D eigenvalue weighted by Crippen LogP contribution is -2.51. The lowest BCUT2D eigenvalue weighted by atomic mass is 10.0. The van der Waals surface area contributed by atoms with Crippen LogP contribution in [0.4, 0.5) is 5.82 Å². The number of anilines is 1. The van der Waals surface area contributed by atoms with E-state index in [1.165, 1.54) is 36.6 Å². The smallest absolute Gasteiger partial charge is 0.319 e. The number of benzene rings is 2. The highest BCUT2D eigenvalue weighted by molar-refractivity contribution is 5.99. The first kappa shape index (κ1) is 21.1. The third-order valence-corrected chi connectivity index (χ3v) is 8.15. The fourth-order valence-electron chi connectivity index (χ4n) is 6.21. The highest BCUT2D eigenvalue weighted by Crippen LogP contribution is 2.35. The van der Waals surface area contributed by atoms with E-state index in [4.69, 9.17) is 14.7 Å². The number of hydrogen-bond donors (Lipinski definition) is 2. The summed E-state index contributed by atoms with van der Waals surface area (Å²) >= 11 is 0. The minimum absolute atomic E-state index is 0.435. The van der Waals surface area contributed by atoms with Gasteiger partial charge >= 0.3 is 6.01 Å².